The Bertz CT molecular complexity index is 1400. The summed E-state index contributed by atoms with van der Waals surface area (Å²) >= 11 is 6.38. The second-order valence-electron chi connectivity index (χ2n) is 8.60. The summed E-state index contributed by atoms with van der Waals surface area (Å²) in [5.41, 5.74) is 6.55. The van der Waals surface area contributed by atoms with Gasteiger partial charge in [-0.05, 0) is 78.1 Å². The normalized spacial score (nSPS) is 12.3. The molecule has 0 spiro atoms. The quantitative estimate of drug-likeness (QED) is 0.375. The van der Waals surface area contributed by atoms with Crippen molar-refractivity contribution in [2.24, 2.45) is 0 Å². The standard InChI is InChI=1S/C29H24ClN3O2/c1-19-15-24(20-7-3-2-4-8-20)25(18-26(19)30)29(35)32-23-10-11-27-21(16-23)12-14-33(27)28(34)17-22-9-5-6-13-31-22/h2-11,13,15-16,18H,12,14,17H2,1H3,(H,32,35). The molecule has 174 valence electrons. The first-order valence-electron chi connectivity index (χ1n) is 11.5. The van der Waals surface area contributed by atoms with Crippen molar-refractivity contribution in [1.29, 1.82) is 0 Å². The van der Waals surface area contributed by atoms with Gasteiger partial charge >= 0.3 is 0 Å². The molecule has 0 aliphatic carbocycles. The van der Waals surface area contributed by atoms with Crippen LogP contribution >= 0.6 is 11.6 Å². The van der Waals surface area contributed by atoms with Crippen molar-refractivity contribution in [3.05, 3.63) is 112 Å². The average molecular weight is 482 g/mol. The molecule has 35 heavy (non-hydrogen) atoms. The van der Waals surface area contributed by atoms with E-state index in [1.807, 2.05) is 79.7 Å². The molecule has 1 aromatic heterocycles. The topological polar surface area (TPSA) is 62.3 Å². The number of benzene rings is 3. The summed E-state index contributed by atoms with van der Waals surface area (Å²) in [6, 6.07) is 24.7. The SMILES string of the molecule is Cc1cc(-c2ccccc2)c(C(=O)Nc2ccc3c(c2)CCN3C(=O)Cc2ccccn2)cc1Cl. The zero-order valence-electron chi connectivity index (χ0n) is 19.3. The van der Waals surface area contributed by atoms with Crippen LogP contribution < -0.4 is 10.2 Å². The highest BCUT2D eigenvalue weighted by atomic mass is 35.5. The maximum absolute atomic E-state index is 13.3. The predicted octanol–water partition coefficient (Wildman–Crippen LogP) is 6.09. The molecule has 0 bridgehead atoms. The van der Waals surface area contributed by atoms with Crippen molar-refractivity contribution >= 4 is 34.8 Å². The summed E-state index contributed by atoms with van der Waals surface area (Å²) in [6.07, 6.45) is 2.69. The number of nitrogens with zero attached hydrogens (tertiary/aromatic N) is 2. The summed E-state index contributed by atoms with van der Waals surface area (Å²) in [6.45, 7) is 2.54. The number of rotatable bonds is 5. The Morgan fingerprint density at radius 2 is 1.80 bits per heavy atom. The molecule has 4 aromatic rings. The van der Waals surface area contributed by atoms with Gasteiger partial charge in [-0.2, -0.15) is 0 Å². The minimum absolute atomic E-state index is 0.0148. The van der Waals surface area contributed by atoms with E-state index in [0.29, 0.717) is 22.8 Å². The van der Waals surface area contributed by atoms with Gasteiger partial charge in [-0.1, -0.05) is 48.0 Å². The van der Waals surface area contributed by atoms with Crippen LogP contribution in [0.2, 0.25) is 5.02 Å². The van der Waals surface area contributed by atoms with E-state index in [1.54, 1.807) is 17.2 Å². The van der Waals surface area contributed by atoms with Crippen molar-refractivity contribution in [3.8, 4) is 11.1 Å². The molecule has 3 aromatic carbocycles. The lowest BCUT2D eigenvalue weighted by Crippen LogP contribution is -2.30. The number of carbonyl (C=O) groups excluding carboxylic acids is 2. The van der Waals surface area contributed by atoms with Crippen molar-refractivity contribution in [3.63, 3.8) is 0 Å². The highest BCUT2D eigenvalue weighted by molar-refractivity contribution is 6.32. The number of anilines is 2. The Labute approximate surface area is 209 Å². The molecule has 5 rings (SSSR count). The number of halogens is 1. The maximum Gasteiger partial charge on any atom is 0.256 e. The molecule has 2 heterocycles. The number of hydrogen-bond acceptors (Lipinski definition) is 3. The molecule has 0 unspecified atom stereocenters. The van der Waals surface area contributed by atoms with Gasteiger partial charge in [0.25, 0.3) is 5.91 Å². The molecular formula is C29H24ClN3O2. The first-order valence-corrected chi connectivity index (χ1v) is 11.9. The van der Waals surface area contributed by atoms with Crippen LogP contribution in [0.25, 0.3) is 11.1 Å². The van der Waals surface area contributed by atoms with Crippen LogP contribution in [-0.2, 0) is 17.6 Å². The Balaban J connectivity index is 1.37. The van der Waals surface area contributed by atoms with Crippen LogP contribution in [0, 0.1) is 6.92 Å². The Kier molecular flexibility index (Phi) is 6.34. The van der Waals surface area contributed by atoms with Crippen molar-refractivity contribution < 1.29 is 9.59 Å². The molecule has 0 atom stereocenters. The molecule has 1 N–H and O–H groups in total. The molecule has 5 nitrogen and oxygen atoms in total. The molecule has 0 saturated carbocycles. The van der Waals surface area contributed by atoms with Crippen LogP contribution in [0.1, 0.15) is 27.2 Å². The average Bonchev–Trinajstić information content (AvgIpc) is 3.30. The molecule has 2 amide bonds. The highest BCUT2D eigenvalue weighted by Crippen LogP contribution is 2.33. The number of nitrogens with one attached hydrogen (secondary N) is 1. The maximum atomic E-state index is 13.3. The van der Waals surface area contributed by atoms with Crippen molar-refractivity contribution in [2.75, 3.05) is 16.8 Å². The first kappa shape index (κ1) is 22.8. The van der Waals surface area contributed by atoms with Crippen LogP contribution in [-0.4, -0.2) is 23.3 Å². The Hall–Kier alpha value is -3.96. The van der Waals surface area contributed by atoms with Gasteiger partial charge in [0.15, 0.2) is 0 Å². The van der Waals surface area contributed by atoms with Gasteiger partial charge in [-0.15, -0.1) is 0 Å². The number of amides is 2. The van der Waals surface area contributed by atoms with E-state index in [0.717, 1.165) is 40.1 Å². The molecule has 0 radical (unpaired) electrons. The largest absolute Gasteiger partial charge is 0.322 e. The summed E-state index contributed by atoms with van der Waals surface area (Å²) < 4.78 is 0. The first-order chi connectivity index (χ1) is 17.0. The van der Waals surface area contributed by atoms with E-state index in [-0.39, 0.29) is 18.2 Å². The monoisotopic (exact) mass is 481 g/mol. The Morgan fingerprint density at radius 3 is 2.57 bits per heavy atom. The fraction of sp³-hybridized carbons (Fsp3) is 0.138. The molecule has 0 fully saturated rings. The smallest absolute Gasteiger partial charge is 0.256 e. The van der Waals surface area contributed by atoms with Crippen LogP contribution in [0.15, 0.2) is 85.1 Å². The molecular weight excluding hydrogens is 458 g/mol. The van der Waals surface area contributed by atoms with E-state index < -0.39 is 0 Å². The van der Waals surface area contributed by atoms with E-state index >= 15 is 0 Å². The van der Waals surface area contributed by atoms with Crippen molar-refractivity contribution in [1.82, 2.24) is 4.98 Å². The molecule has 0 saturated heterocycles. The molecule has 1 aliphatic rings. The zero-order valence-corrected chi connectivity index (χ0v) is 20.0. The second-order valence-corrected chi connectivity index (χ2v) is 9.01. The number of hydrogen-bond donors (Lipinski definition) is 1. The van der Waals surface area contributed by atoms with Crippen LogP contribution in [0.5, 0.6) is 0 Å². The van der Waals surface area contributed by atoms with Gasteiger partial charge in [-0.25, -0.2) is 0 Å². The van der Waals surface area contributed by atoms with Gasteiger partial charge in [0.05, 0.1) is 6.42 Å². The van der Waals surface area contributed by atoms with E-state index in [2.05, 4.69) is 10.3 Å². The lowest BCUT2D eigenvalue weighted by Gasteiger charge is -2.18. The fourth-order valence-electron chi connectivity index (χ4n) is 4.42. The number of pyridine rings is 1. The molecule has 6 heteroatoms. The van der Waals surface area contributed by atoms with Gasteiger partial charge in [-0.3, -0.25) is 14.6 Å². The minimum atomic E-state index is -0.230. The van der Waals surface area contributed by atoms with Gasteiger partial charge < -0.3 is 10.2 Å². The number of carbonyl (C=O) groups is 2. The van der Waals surface area contributed by atoms with E-state index in [9.17, 15) is 9.59 Å². The summed E-state index contributed by atoms with van der Waals surface area (Å²) in [5, 5.41) is 3.56. The number of aromatic nitrogens is 1. The summed E-state index contributed by atoms with van der Waals surface area (Å²) in [4.78, 5) is 32.2. The van der Waals surface area contributed by atoms with Gasteiger partial charge in [0.1, 0.15) is 0 Å². The molecule has 1 aliphatic heterocycles. The van der Waals surface area contributed by atoms with E-state index in [1.165, 1.54) is 0 Å². The Morgan fingerprint density at radius 1 is 1.00 bits per heavy atom. The van der Waals surface area contributed by atoms with Gasteiger partial charge in [0, 0.05) is 40.4 Å². The number of fused-ring (bicyclic) bond motifs is 1. The third-order valence-corrected chi connectivity index (χ3v) is 6.63. The third-order valence-electron chi connectivity index (χ3n) is 6.22. The number of aryl methyl sites for hydroxylation is 1. The fourth-order valence-corrected chi connectivity index (χ4v) is 4.58. The van der Waals surface area contributed by atoms with Crippen molar-refractivity contribution in [2.45, 2.75) is 19.8 Å². The summed E-state index contributed by atoms with van der Waals surface area (Å²) in [7, 11) is 0. The zero-order chi connectivity index (χ0) is 24.4. The van der Waals surface area contributed by atoms with Crippen LogP contribution in [0.4, 0.5) is 11.4 Å². The lowest BCUT2D eigenvalue weighted by molar-refractivity contribution is -0.117. The van der Waals surface area contributed by atoms with Crippen LogP contribution in [0.3, 0.4) is 0 Å². The highest BCUT2D eigenvalue weighted by Gasteiger charge is 2.25. The third kappa shape index (κ3) is 4.81. The summed E-state index contributed by atoms with van der Waals surface area (Å²) in [5.74, 6) is -0.215. The van der Waals surface area contributed by atoms with Gasteiger partial charge in [0.2, 0.25) is 5.91 Å². The second kappa shape index (κ2) is 9.72. The minimum Gasteiger partial charge on any atom is -0.322 e. The predicted molar refractivity (Wildman–Crippen MR) is 140 cm³/mol. The lowest BCUT2D eigenvalue weighted by atomic mass is 9.97. The van der Waals surface area contributed by atoms with E-state index in [4.69, 9.17) is 11.6 Å².